The van der Waals surface area contributed by atoms with E-state index in [0.29, 0.717) is 0 Å². The number of furan rings is 1. The zero-order chi connectivity index (χ0) is 12.1. The van der Waals surface area contributed by atoms with Gasteiger partial charge in [0, 0.05) is 12.3 Å². The van der Waals surface area contributed by atoms with Crippen LogP contribution in [-0.2, 0) is 6.54 Å². The van der Waals surface area contributed by atoms with E-state index in [4.69, 9.17) is 4.42 Å². The van der Waals surface area contributed by atoms with Crippen LogP contribution in [0.4, 0.5) is 0 Å². The molecule has 0 bridgehead atoms. The topological polar surface area (TPSA) is 43.9 Å². The lowest BCUT2D eigenvalue weighted by Gasteiger charge is -2.04. The van der Waals surface area contributed by atoms with E-state index in [9.17, 15) is 0 Å². The third-order valence-electron chi connectivity index (χ3n) is 2.50. The molecule has 0 N–H and O–H groups in total. The molecule has 0 amide bonds. The van der Waals surface area contributed by atoms with Gasteiger partial charge in [-0.25, -0.2) is 0 Å². The quantitative estimate of drug-likeness (QED) is 0.582. The van der Waals surface area contributed by atoms with Crippen molar-refractivity contribution in [2.45, 2.75) is 38.4 Å². The Balaban J connectivity index is 2.18. The zero-order valence-corrected chi connectivity index (χ0v) is 11.0. The zero-order valence-electron chi connectivity index (χ0n) is 10.2. The molecule has 5 heteroatoms. The summed E-state index contributed by atoms with van der Waals surface area (Å²) in [4.78, 5) is 0. The Hall–Kier alpha value is -1.23. The van der Waals surface area contributed by atoms with Crippen LogP contribution in [0.2, 0.25) is 0 Å². The summed E-state index contributed by atoms with van der Waals surface area (Å²) < 4.78 is 7.46. The van der Waals surface area contributed by atoms with Crippen molar-refractivity contribution >= 4 is 11.8 Å². The Morgan fingerprint density at radius 3 is 2.88 bits per heavy atom. The second-order valence-electron chi connectivity index (χ2n) is 3.73. The van der Waals surface area contributed by atoms with Gasteiger partial charge in [0.2, 0.25) is 0 Å². The van der Waals surface area contributed by atoms with E-state index in [1.807, 2.05) is 12.1 Å². The minimum absolute atomic E-state index is 0.779. The van der Waals surface area contributed by atoms with Gasteiger partial charge in [0.05, 0.1) is 6.26 Å². The molecule has 0 aromatic carbocycles. The van der Waals surface area contributed by atoms with Crippen LogP contribution in [0.3, 0.4) is 0 Å². The van der Waals surface area contributed by atoms with Crippen molar-refractivity contribution in [2.75, 3.05) is 5.75 Å². The Kier molecular flexibility index (Phi) is 4.25. The van der Waals surface area contributed by atoms with Gasteiger partial charge in [-0.05, 0) is 25.5 Å². The van der Waals surface area contributed by atoms with E-state index in [2.05, 4.69) is 28.6 Å². The highest BCUT2D eigenvalue weighted by Gasteiger charge is 2.14. The summed E-state index contributed by atoms with van der Waals surface area (Å²) in [7, 11) is 0. The van der Waals surface area contributed by atoms with Gasteiger partial charge in [0.15, 0.2) is 16.7 Å². The van der Waals surface area contributed by atoms with Gasteiger partial charge in [0.25, 0.3) is 0 Å². The average molecular weight is 251 g/mol. The van der Waals surface area contributed by atoms with Crippen molar-refractivity contribution in [2.24, 2.45) is 0 Å². The molecule has 2 rings (SSSR count). The molecule has 0 aliphatic carbocycles. The fourth-order valence-electron chi connectivity index (χ4n) is 1.58. The first-order valence-corrected chi connectivity index (χ1v) is 6.95. The maximum Gasteiger partial charge on any atom is 0.200 e. The number of thioether (sulfide) groups is 1. The minimum Gasteiger partial charge on any atom is -0.461 e. The summed E-state index contributed by atoms with van der Waals surface area (Å²) >= 11 is 1.76. The molecule has 0 atom stereocenters. The van der Waals surface area contributed by atoms with Gasteiger partial charge in [-0.3, -0.25) is 4.57 Å². The molecule has 4 nitrogen and oxygen atoms in total. The second-order valence-corrected chi connectivity index (χ2v) is 4.79. The molecule has 0 fully saturated rings. The maximum atomic E-state index is 5.37. The lowest BCUT2D eigenvalue weighted by atomic mass is 10.4. The highest BCUT2D eigenvalue weighted by Crippen LogP contribution is 2.24. The Bertz CT molecular complexity index is 450. The fraction of sp³-hybridized carbons (Fsp3) is 0.500. The molecule has 2 heterocycles. The molecule has 0 spiro atoms. The van der Waals surface area contributed by atoms with E-state index in [-0.39, 0.29) is 0 Å². The number of aromatic nitrogens is 3. The van der Waals surface area contributed by atoms with Gasteiger partial charge in [-0.1, -0.05) is 25.1 Å². The van der Waals surface area contributed by atoms with Crippen molar-refractivity contribution < 1.29 is 4.42 Å². The lowest BCUT2D eigenvalue weighted by molar-refractivity contribution is 0.567. The molecule has 0 aliphatic heterocycles. The molecule has 0 saturated heterocycles. The maximum absolute atomic E-state index is 5.37. The lowest BCUT2D eigenvalue weighted by Crippen LogP contribution is -1.99. The highest BCUT2D eigenvalue weighted by atomic mass is 32.2. The molecule has 0 radical (unpaired) electrons. The molecular weight excluding hydrogens is 234 g/mol. The first-order chi connectivity index (χ1) is 8.36. The Morgan fingerprint density at radius 2 is 2.24 bits per heavy atom. The van der Waals surface area contributed by atoms with Crippen LogP contribution >= 0.6 is 11.8 Å². The van der Waals surface area contributed by atoms with Crippen LogP contribution in [0.1, 0.15) is 26.7 Å². The fourth-order valence-corrected chi connectivity index (χ4v) is 2.66. The van der Waals surface area contributed by atoms with Crippen LogP contribution in [0.25, 0.3) is 11.6 Å². The predicted molar refractivity (Wildman–Crippen MR) is 69.0 cm³/mol. The van der Waals surface area contributed by atoms with Crippen molar-refractivity contribution in [3.63, 3.8) is 0 Å². The Morgan fingerprint density at radius 1 is 1.35 bits per heavy atom. The largest absolute Gasteiger partial charge is 0.461 e. The third kappa shape index (κ3) is 2.72. The SMILES string of the molecule is CCCCSc1nnc(-c2ccco2)n1CC. The number of hydrogen-bond donors (Lipinski definition) is 0. The van der Waals surface area contributed by atoms with Gasteiger partial charge < -0.3 is 4.42 Å². The van der Waals surface area contributed by atoms with Crippen molar-refractivity contribution in [3.8, 4) is 11.6 Å². The van der Waals surface area contributed by atoms with Crippen molar-refractivity contribution in [3.05, 3.63) is 18.4 Å². The van der Waals surface area contributed by atoms with Gasteiger partial charge in [0.1, 0.15) is 0 Å². The smallest absolute Gasteiger partial charge is 0.200 e. The standard InChI is InChI=1S/C12H17N3OS/c1-3-5-9-17-12-14-13-11(15(12)4-2)10-7-6-8-16-10/h6-8H,3-5,9H2,1-2H3. The average Bonchev–Trinajstić information content (AvgIpc) is 2.97. The summed E-state index contributed by atoms with van der Waals surface area (Å²) in [5, 5.41) is 9.42. The van der Waals surface area contributed by atoms with E-state index < -0.39 is 0 Å². The number of hydrogen-bond acceptors (Lipinski definition) is 4. The molecule has 17 heavy (non-hydrogen) atoms. The first-order valence-electron chi connectivity index (χ1n) is 5.96. The summed E-state index contributed by atoms with van der Waals surface area (Å²) in [6.45, 7) is 5.15. The van der Waals surface area contributed by atoms with Crippen LogP contribution in [-0.4, -0.2) is 20.5 Å². The van der Waals surface area contributed by atoms with Crippen molar-refractivity contribution in [1.82, 2.24) is 14.8 Å². The summed E-state index contributed by atoms with van der Waals surface area (Å²) in [5.74, 6) is 2.69. The predicted octanol–water partition coefficient (Wildman–Crippen LogP) is 3.45. The van der Waals surface area contributed by atoms with E-state index in [1.54, 1.807) is 18.0 Å². The first kappa shape index (κ1) is 12.2. The van der Waals surface area contributed by atoms with Gasteiger partial charge >= 0.3 is 0 Å². The molecule has 2 aromatic rings. The van der Waals surface area contributed by atoms with Gasteiger partial charge in [-0.15, -0.1) is 10.2 Å². The molecule has 0 aliphatic rings. The van der Waals surface area contributed by atoms with Gasteiger partial charge in [-0.2, -0.15) is 0 Å². The highest BCUT2D eigenvalue weighted by molar-refractivity contribution is 7.99. The Labute approximate surface area is 105 Å². The number of nitrogens with zero attached hydrogens (tertiary/aromatic N) is 3. The summed E-state index contributed by atoms with van der Waals surface area (Å²) in [6.07, 6.45) is 4.07. The second kappa shape index (κ2) is 5.91. The van der Waals surface area contributed by atoms with E-state index >= 15 is 0 Å². The van der Waals surface area contributed by atoms with E-state index in [0.717, 1.165) is 29.0 Å². The van der Waals surface area contributed by atoms with Crippen LogP contribution in [0.5, 0.6) is 0 Å². The molecule has 0 saturated carbocycles. The summed E-state index contributed by atoms with van der Waals surface area (Å²) in [6, 6.07) is 3.78. The molecular formula is C12H17N3OS. The monoisotopic (exact) mass is 251 g/mol. The van der Waals surface area contributed by atoms with Crippen molar-refractivity contribution in [1.29, 1.82) is 0 Å². The molecule has 2 aromatic heterocycles. The summed E-state index contributed by atoms with van der Waals surface area (Å²) in [5.41, 5.74) is 0. The normalized spacial score (nSPS) is 10.9. The van der Waals surface area contributed by atoms with E-state index in [1.165, 1.54) is 12.8 Å². The third-order valence-corrected chi connectivity index (χ3v) is 3.56. The minimum atomic E-state index is 0.779. The van der Waals surface area contributed by atoms with Crippen LogP contribution < -0.4 is 0 Å². The molecule has 92 valence electrons. The number of rotatable bonds is 6. The molecule has 0 unspecified atom stereocenters. The number of unbranched alkanes of at least 4 members (excludes halogenated alkanes) is 1. The van der Waals surface area contributed by atoms with Crippen LogP contribution in [0.15, 0.2) is 28.0 Å². The van der Waals surface area contributed by atoms with Crippen LogP contribution in [0, 0.1) is 0 Å².